The number of aryl methyl sites for hydroxylation is 1. The molecular weight excluding hydrogens is 282 g/mol. The first-order valence-electron chi connectivity index (χ1n) is 7.37. The summed E-state index contributed by atoms with van der Waals surface area (Å²) in [5.41, 5.74) is 0. The molecule has 0 aromatic carbocycles. The molecule has 0 aliphatic carbocycles. The van der Waals surface area contributed by atoms with Crippen LogP contribution < -0.4 is 10.6 Å². The second-order valence-corrected chi connectivity index (χ2v) is 5.90. The molecule has 2 N–H and O–H groups in total. The SMILES string of the molecule is CCNC(=NCc1ccc(CC)s1)NCCn1ccnc1. The average Bonchev–Trinajstić information content (AvgIpc) is 3.16. The topological polar surface area (TPSA) is 54.2 Å². The van der Waals surface area contributed by atoms with Gasteiger partial charge in [0.15, 0.2) is 5.96 Å². The van der Waals surface area contributed by atoms with Crippen molar-refractivity contribution in [1.82, 2.24) is 20.2 Å². The zero-order valence-electron chi connectivity index (χ0n) is 12.7. The van der Waals surface area contributed by atoms with Crippen molar-refractivity contribution in [3.8, 4) is 0 Å². The van der Waals surface area contributed by atoms with Crippen molar-refractivity contribution in [2.24, 2.45) is 4.99 Å². The van der Waals surface area contributed by atoms with Crippen LogP contribution in [0, 0.1) is 0 Å². The number of hydrogen-bond donors (Lipinski definition) is 2. The molecule has 0 saturated heterocycles. The van der Waals surface area contributed by atoms with E-state index in [0.29, 0.717) is 0 Å². The molecule has 0 radical (unpaired) electrons. The lowest BCUT2D eigenvalue weighted by Gasteiger charge is -2.11. The van der Waals surface area contributed by atoms with Crippen LogP contribution in [0.15, 0.2) is 35.8 Å². The molecule has 2 aromatic rings. The summed E-state index contributed by atoms with van der Waals surface area (Å²) in [5.74, 6) is 0.865. The fourth-order valence-electron chi connectivity index (χ4n) is 1.92. The summed E-state index contributed by atoms with van der Waals surface area (Å²) in [6.45, 7) is 7.55. The smallest absolute Gasteiger partial charge is 0.191 e. The minimum Gasteiger partial charge on any atom is -0.357 e. The molecule has 0 saturated carbocycles. The van der Waals surface area contributed by atoms with Crippen molar-refractivity contribution in [3.63, 3.8) is 0 Å². The highest BCUT2D eigenvalue weighted by atomic mass is 32.1. The van der Waals surface area contributed by atoms with Crippen LogP contribution >= 0.6 is 11.3 Å². The van der Waals surface area contributed by atoms with Crippen LogP contribution in [-0.4, -0.2) is 28.6 Å². The Morgan fingerprint density at radius 1 is 1.29 bits per heavy atom. The molecular formula is C15H23N5S. The second kappa shape index (κ2) is 8.46. The van der Waals surface area contributed by atoms with Gasteiger partial charge in [0.1, 0.15) is 0 Å². The summed E-state index contributed by atoms with van der Waals surface area (Å²) in [4.78, 5) is 11.4. The largest absolute Gasteiger partial charge is 0.357 e. The third-order valence-electron chi connectivity index (χ3n) is 3.02. The van der Waals surface area contributed by atoms with Gasteiger partial charge in [-0.2, -0.15) is 0 Å². The summed E-state index contributed by atoms with van der Waals surface area (Å²) in [5, 5.41) is 6.62. The monoisotopic (exact) mass is 305 g/mol. The van der Waals surface area contributed by atoms with E-state index in [1.165, 1.54) is 9.75 Å². The van der Waals surface area contributed by atoms with Crippen molar-refractivity contribution < 1.29 is 0 Å². The van der Waals surface area contributed by atoms with Gasteiger partial charge in [0, 0.05) is 41.8 Å². The molecule has 21 heavy (non-hydrogen) atoms. The summed E-state index contributed by atoms with van der Waals surface area (Å²) in [7, 11) is 0. The van der Waals surface area contributed by atoms with Gasteiger partial charge >= 0.3 is 0 Å². The first-order valence-corrected chi connectivity index (χ1v) is 8.19. The van der Waals surface area contributed by atoms with Crippen molar-refractivity contribution in [1.29, 1.82) is 0 Å². The van der Waals surface area contributed by atoms with E-state index < -0.39 is 0 Å². The van der Waals surface area contributed by atoms with Gasteiger partial charge in [-0.25, -0.2) is 9.98 Å². The van der Waals surface area contributed by atoms with Crippen LogP contribution in [0.3, 0.4) is 0 Å². The van der Waals surface area contributed by atoms with E-state index in [1.807, 2.05) is 28.4 Å². The summed E-state index contributed by atoms with van der Waals surface area (Å²) < 4.78 is 2.05. The Balaban J connectivity index is 1.83. The van der Waals surface area contributed by atoms with Gasteiger partial charge in [0.2, 0.25) is 0 Å². The molecule has 5 nitrogen and oxygen atoms in total. The normalized spacial score (nSPS) is 11.6. The Morgan fingerprint density at radius 2 is 2.14 bits per heavy atom. The molecule has 2 rings (SSSR count). The Hall–Kier alpha value is -1.82. The number of nitrogens with one attached hydrogen (secondary N) is 2. The zero-order valence-corrected chi connectivity index (χ0v) is 13.5. The van der Waals surface area contributed by atoms with Gasteiger partial charge in [-0.05, 0) is 25.5 Å². The van der Waals surface area contributed by atoms with Crippen LogP contribution in [0.2, 0.25) is 0 Å². The number of rotatable bonds is 7. The molecule has 2 heterocycles. The fraction of sp³-hybridized carbons (Fsp3) is 0.467. The Morgan fingerprint density at radius 3 is 2.81 bits per heavy atom. The molecule has 6 heteroatoms. The third-order valence-corrected chi connectivity index (χ3v) is 4.24. The Kier molecular flexibility index (Phi) is 6.27. The summed E-state index contributed by atoms with van der Waals surface area (Å²) >= 11 is 1.84. The maximum Gasteiger partial charge on any atom is 0.191 e. The quantitative estimate of drug-likeness (QED) is 0.609. The van der Waals surface area contributed by atoms with Crippen LogP contribution in [0.4, 0.5) is 0 Å². The van der Waals surface area contributed by atoms with E-state index >= 15 is 0 Å². The maximum absolute atomic E-state index is 4.63. The van der Waals surface area contributed by atoms with Crippen LogP contribution in [0.25, 0.3) is 0 Å². The minimum atomic E-state index is 0.727. The van der Waals surface area contributed by atoms with Gasteiger partial charge in [-0.15, -0.1) is 11.3 Å². The number of hydrogen-bond acceptors (Lipinski definition) is 3. The number of nitrogens with zero attached hydrogens (tertiary/aromatic N) is 3. The van der Waals surface area contributed by atoms with Crippen molar-refractivity contribution >= 4 is 17.3 Å². The first kappa shape index (κ1) is 15.6. The van der Waals surface area contributed by atoms with E-state index in [-0.39, 0.29) is 0 Å². The lowest BCUT2D eigenvalue weighted by atomic mass is 10.4. The predicted molar refractivity (Wildman–Crippen MR) is 88.7 cm³/mol. The van der Waals surface area contributed by atoms with E-state index in [2.05, 4.69) is 46.6 Å². The van der Waals surface area contributed by atoms with E-state index in [0.717, 1.165) is 38.6 Å². The molecule has 0 spiro atoms. The highest BCUT2D eigenvalue weighted by Crippen LogP contribution is 2.17. The molecule has 0 amide bonds. The van der Waals surface area contributed by atoms with Gasteiger partial charge in [0.25, 0.3) is 0 Å². The number of thiophene rings is 1. The molecule has 0 unspecified atom stereocenters. The molecule has 114 valence electrons. The van der Waals surface area contributed by atoms with Crippen molar-refractivity contribution in [2.75, 3.05) is 13.1 Å². The number of imidazole rings is 1. The van der Waals surface area contributed by atoms with Crippen LogP contribution in [0.5, 0.6) is 0 Å². The van der Waals surface area contributed by atoms with Gasteiger partial charge in [0.05, 0.1) is 12.9 Å². The zero-order chi connectivity index (χ0) is 14.9. The molecule has 0 atom stereocenters. The van der Waals surface area contributed by atoms with Crippen LogP contribution in [-0.2, 0) is 19.5 Å². The molecule has 0 fully saturated rings. The van der Waals surface area contributed by atoms with Crippen LogP contribution in [0.1, 0.15) is 23.6 Å². The number of guanidine groups is 1. The van der Waals surface area contributed by atoms with Crippen molar-refractivity contribution in [3.05, 3.63) is 40.6 Å². The molecule has 2 aromatic heterocycles. The van der Waals surface area contributed by atoms with Gasteiger partial charge in [-0.1, -0.05) is 6.92 Å². The molecule has 0 aliphatic rings. The average molecular weight is 305 g/mol. The number of aromatic nitrogens is 2. The van der Waals surface area contributed by atoms with E-state index in [9.17, 15) is 0 Å². The first-order chi connectivity index (χ1) is 10.3. The summed E-state index contributed by atoms with van der Waals surface area (Å²) in [6.07, 6.45) is 6.67. The van der Waals surface area contributed by atoms with E-state index in [4.69, 9.17) is 0 Å². The second-order valence-electron chi connectivity index (χ2n) is 4.64. The standard InChI is InChI=1S/C15H23N5S/c1-3-13-5-6-14(21-13)11-19-15(17-4-2)18-8-10-20-9-7-16-12-20/h5-7,9,12H,3-4,8,10-11H2,1-2H3,(H2,17,18,19). The molecule has 0 bridgehead atoms. The third kappa shape index (κ3) is 5.23. The Labute approximate surface area is 130 Å². The Bertz CT molecular complexity index is 544. The highest BCUT2D eigenvalue weighted by molar-refractivity contribution is 7.11. The van der Waals surface area contributed by atoms with Gasteiger partial charge < -0.3 is 15.2 Å². The lowest BCUT2D eigenvalue weighted by Crippen LogP contribution is -2.38. The van der Waals surface area contributed by atoms with E-state index in [1.54, 1.807) is 6.20 Å². The fourth-order valence-corrected chi connectivity index (χ4v) is 2.80. The van der Waals surface area contributed by atoms with Gasteiger partial charge in [-0.3, -0.25) is 0 Å². The highest BCUT2D eigenvalue weighted by Gasteiger charge is 2.00. The summed E-state index contributed by atoms with van der Waals surface area (Å²) in [6, 6.07) is 4.36. The maximum atomic E-state index is 4.63. The lowest BCUT2D eigenvalue weighted by molar-refractivity contribution is 0.662. The predicted octanol–water partition coefficient (Wildman–Crippen LogP) is 2.26. The minimum absolute atomic E-state index is 0.727. The van der Waals surface area contributed by atoms with Crippen molar-refractivity contribution in [2.45, 2.75) is 33.4 Å². The molecule has 0 aliphatic heterocycles. The number of aliphatic imine (C=N–C) groups is 1.